The summed E-state index contributed by atoms with van der Waals surface area (Å²) in [5.41, 5.74) is 0. The molecule has 0 saturated carbocycles. The zero-order valence-corrected chi connectivity index (χ0v) is 59.0. The molecule has 522 valence electrons. The summed E-state index contributed by atoms with van der Waals surface area (Å²) in [6.07, 6.45) is 42.9. The minimum absolute atomic E-state index is 0.105. The average molecular weight is 1300 g/mol. The number of rotatable bonds is 67. The second-order valence-electron chi connectivity index (χ2n) is 25.9. The van der Waals surface area contributed by atoms with Gasteiger partial charge in [-0.3, -0.25) is 37.3 Å². The quantitative estimate of drug-likeness (QED) is 0.0222. The highest BCUT2D eigenvalue weighted by Gasteiger charge is 2.30. The summed E-state index contributed by atoms with van der Waals surface area (Å²) in [4.78, 5) is 72.5. The predicted octanol–water partition coefficient (Wildman–Crippen LogP) is 19.5. The first-order chi connectivity index (χ1) is 42.3. The van der Waals surface area contributed by atoms with Crippen LogP contribution in [-0.4, -0.2) is 96.7 Å². The van der Waals surface area contributed by atoms with Crippen molar-refractivity contribution in [3.05, 3.63) is 0 Å². The zero-order chi connectivity index (χ0) is 65.2. The third kappa shape index (κ3) is 60.3. The van der Waals surface area contributed by atoms with E-state index < -0.39 is 97.5 Å². The van der Waals surface area contributed by atoms with Gasteiger partial charge in [-0.25, -0.2) is 9.13 Å². The Kier molecular flexibility index (Phi) is 58.7. The van der Waals surface area contributed by atoms with E-state index in [0.29, 0.717) is 25.7 Å². The van der Waals surface area contributed by atoms with E-state index in [9.17, 15) is 43.2 Å². The minimum atomic E-state index is -4.95. The summed E-state index contributed by atoms with van der Waals surface area (Å²) in [6.45, 7) is 11.8. The highest BCUT2D eigenvalue weighted by molar-refractivity contribution is 7.47. The van der Waals surface area contributed by atoms with Gasteiger partial charge in [0.25, 0.3) is 0 Å². The molecule has 0 radical (unpaired) electrons. The fourth-order valence-electron chi connectivity index (χ4n) is 10.3. The Hall–Kier alpha value is -1.94. The van der Waals surface area contributed by atoms with E-state index in [1.807, 2.05) is 0 Å². The van der Waals surface area contributed by atoms with Crippen molar-refractivity contribution < 1.29 is 80.2 Å². The lowest BCUT2D eigenvalue weighted by molar-refractivity contribution is -0.161. The smallest absolute Gasteiger partial charge is 0.462 e. The van der Waals surface area contributed by atoms with Gasteiger partial charge in [0.05, 0.1) is 26.4 Å². The molecule has 19 heteroatoms. The molecule has 17 nitrogen and oxygen atoms in total. The molecule has 7 atom stereocenters. The largest absolute Gasteiger partial charge is 0.472 e. The van der Waals surface area contributed by atoms with Crippen molar-refractivity contribution in [2.75, 3.05) is 39.6 Å². The highest BCUT2D eigenvalue weighted by atomic mass is 31.2. The molecule has 0 rings (SSSR count). The molecule has 0 heterocycles. The van der Waals surface area contributed by atoms with Crippen molar-refractivity contribution in [1.82, 2.24) is 0 Å². The maximum absolute atomic E-state index is 13.0. The van der Waals surface area contributed by atoms with Crippen molar-refractivity contribution >= 4 is 39.5 Å². The molecule has 0 fully saturated rings. The Morgan fingerprint density at radius 2 is 0.580 bits per heavy atom. The normalized spacial score (nSPS) is 14.9. The van der Waals surface area contributed by atoms with Crippen molar-refractivity contribution in [2.24, 2.45) is 17.8 Å². The van der Waals surface area contributed by atoms with Crippen LogP contribution < -0.4 is 0 Å². The topological polar surface area (TPSA) is 237 Å². The van der Waals surface area contributed by atoms with Crippen molar-refractivity contribution in [2.45, 2.75) is 362 Å². The number of unbranched alkanes of at least 4 members (excludes halogenated alkanes) is 33. The number of phosphoric acid groups is 2. The standard InChI is InChI=1S/C69H134O17P2/c1-8-11-12-13-14-19-29-36-43-50-66(71)79-56-65(86-69(74)53-46-39-32-25-24-28-35-42-49-62(7)10-3)59-84-88(77,78)82-55-63(70)54-81-87(75,76)83-58-64(57-80-67(72)51-44-37-30-22-17-15-20-26-33-40-47-60(4)5)85-68(73)52-45-38-31-23-18-16-21-27-34-41-48-61(6)9-2/h60-65,70H,8-59H2,1-7H3,(H,75,76)(H,77,78)/t61?,62?,63-,64-,65-/m1/s1. The van der Waals surface area contributed by atoms with E-state index >= 15 is 0 Å². The first kappa shape index (κ1) is 86.1. The third-order valence-corrected chi connectivity index (χ3v) is 18.5. The molecule has 0 aliphatic carbocycles. The summed E-state index contributed by atoms with van der Waals surface area (Å²) < 4.78 is 68.2. The summed E-state index contributed by atoms with van der Waals surface area (Å²) in [7, 11) is -9.90. The second kappa shape index (κ2) is 60.0. The highest BCUT2D eigenvalue weighted by Crippen LogP contribution is 2.45. The summed E-state index contributed by atoms with van der Waals surface area (Å²) in [5.74, 6) is 0.202. The predicted molar refractivity (Wildman–Crippen MR) is 354 cm³/mol. The number of hydrogen-bond donors (Lipinski definition) is 3. The number of esters is 4. The molecule has 0 aromatic carbocycles. The Morgan fingerprint density at radius 1 is 0.330 bits per heavy atom. The Bertz CT molecular complexity index is 1740. The van der Waals surface area contributed by atoms with Gasteiger partial charge in [-0.15, -0.1) is 0 Å². The molecule has 0 saturated heterocycles. The van der Waals surface area contributed by atoms with Crippen LogP contribution in [0.3, 0.4) is 0 Å². The number of ether oxygens (including phenoxy) is 4. The van der Waals surface area contributed by atoms with Crippen LogP contribution in [-0.2, 0) is 65.4 Å². The number of phosphoric ester groups is 2. The van der Waals surface area contributed by atoms with Crippen LogP contribution in [0.2, 0.25) is 0 Å². The Morgan fingerprint density at radius 3 is 0.864 bits per heavy atom. The fourth-order valence-corrected chi connectivity index (χ4v) is 11.9. The molecule has 0 aromatic rings. The van der Waals surface area contributed by atoms with Crippen LogP contribution in [0, 0.1) is 17.8 Å². The molecular formula is C69H134O17P2. The lowest BCUT2D eigenvalue weighted by Gasteiger charge is -2.21. The van der Waals surface area contributed by atoms with Crippen LogP contribution in [0.4, 0.5) is 0 Å². The van der Waals surface area contributed by atoms with E-state index in [-0.39, 0.29) is 25.7 Å². The summed E-state index contributed by atoms with van der Waals surface area (Å²) in [6, 6.07) is 0. The van der Waals surface area contributed by atoms with E-state index in [0.717, 1.165) is 108 Å². The molecule has 0 amide bonds. The van der Waals surface area contributed by atoms with Gasteiger partial charge in [0.15, 0.2) is 12.2 Å². The zero-order valence-electron chi connectivity index (χ0n) is 57.2. The van der Waals surface area contributed by atoms with E-state index in [2.05, 4.69) is 48.5 Å². The SMILES string of the molecule is CCCCCCCCCCCC(=O)OC[C@H](COP(=O)(O)OC[C@H](O)COP(=O)(O)OC[C@@H](COC(=O)CCCCCCCCCCCCC(C)C)OC(=O)CCCCCCCCCCCCC(C)CC)OC(=O)CCCCCCCCCCC(C)CC. The van der Waals surface area contributed by atoms with Gasteiger partial charge in [-0.05, 0) is 43.4 Å². The first-order valence-corrected chi connectivity index (χ1v) is 38.9. The van der Waals surface area contributed by atoms with Crippen LogP contribution in [0.5, 0.6) is 0 Å². The maximum atomic E-state index is 13.0. The number of carbonyl (C=O) groups is 4. The van der Waals surface area contributed by atoms with Gasteiger partial charge < -0.3 is 33.8 Å². The van der Waals surface area contributed by atoms with Gasteiger partial charge >= 0.3 is 39.5 Å². The molecule has 0 aromatic heterocycles. The van der Waals surface area contributed by atoms with Crippen LogP contribution in [0.15, 0.2) is 0 Å². The lowest BCUT2D eigenvalue weighted by Crippen LogP contribution is -2.30. The number of carbonyl (C=O) groups excluding carboxylic acids is 4. The molecular weight excluding hydrogens is 1160 g/mol. The van der Waals surface area contributed by atoms with Gasteiger partial charge in [0, 0.05) is 25.7 Å². The van der Waals surface area contributed by atoms with E-state index in [1.54, 1.807) is 0 Å². The van der Waals surface area contributed by atoms with Gasteiger partial charge in [-0.1, -0.05) is 292 Å². The number of aliphatic hydroxyl groups is 1. The number of aliphatic hydroxyl groups excluding tert-OH is 1. The first-order valence-electron chi connectivity index (χ1n) is 35.9. The molecule has 88 heavy (non-hydrogen) atoms. The van der Waals surface area contributed by atoms with Gasteiger partial charge in [0.1, 0.15) is 19.3 Å². The third-order valence-electron chi connectivity index (χ3n) is 16.6. The minimum Gasteiger partial charge on any atom is -0.462 e. The van der Waals surface area contributed by atoms with E-state index in [1.165, 1.54) is 154 Å². The van der Waals surface area contributed by atoms with Crippen molar-refractivity contribution in [3.8, 4) is 0 Å². The molecule has 0 bridgehead atoms. The lowest BCUT2D eigenvalue weighted by atomic mass is 9.99. The molecule has 3 N–H and O–H groups in total. The molecule has 0 spiro atoms. The van der Waals surface area contributed by atoms with Crippen molar-refractivity contribution in [3.63, 3.8) is 0 Å². The van der Waals surface area contributed by atoms with Gasteiger partial charge in [-0.2, -0.15) is 0 Å². The Balaban J connectivity index is 5.26. The fraction of sp³-hybridized carbons (Fsp3) is 0.942. The summed E-state index contributed by atoms with van der Waals surface area (Å²) >= 11 is 0. The maximum Gasteiger partial charge on any atom is 0.472 e. The van der Waals surface area contributed by atoms with Crippen LogP contribution in [0.25, 0.3) is 0 Å². The molecule has 4 unspecified atom stereocenters. The molecule has 0 aliphatic heterocycles. The monoisotopic (exact) mass is 1300 g/mol. The van der Waals surface area contributed by atoms with E-state index in [4.69, 9.17) is 37.0 Å². The number of hydrogen-bond acceptors (Lipinski definition) is 15. The van der Waals surface area contributed by atoms with Crippen LogP contribution >= 0.6 is 15.6 Å². The summed E-state index contributed by atoms with van der Waals surface area (Å²) in [5, 5.41) is 10.6. The molecule has 0 aliphatic rings. The average Bonchev–Trinajstić information content (AvgIpc) is 3.52. The second-order valence-corrected chi connectivity index (χ2v) is 28.8. The van der Waals surface area contributed by atoms with Crippen LogP contribution in [0.1, 0.15) is 344 Å². The van der Waals surface area contributed by atoms with Gasteiger partial charge in [0.2, 0.25) is 0 Å². The van der Waals surface area contributed by atoms with Crippen molar-refractivity contribution in [1.29, 1.82) is 0 Å². The Labute approximate surface area is 537 Å².